The molecule has 3 aliphatic rings. The van der Waals surface area contributed by atoms with E-state index in [2.05, 4.69) is 21.9 Å². The van der Waals surface area contributed by atoms with Crippen LogP contribution in [0.2, 0.25) is 0 Å². The lowest BCUT2D eigenvalue weighted by Gasteiger charge is -2.25. The number of aromatic nitrogens is 2. The van der Waals surface area contributed by atoms with Crippen LogP contribution in [0.3, 0.4) is 0 Å². The Kier molecular flexibility index (Phi) is 8.79. The van der Waals surface area contributed by atoms with Gasteiger partial charge >= 0.3 is 11.9 Å². The summed E-state index contributed by atoms with van der Waals surface area (Å²) in [6, 6.07) is -0.666. The number of aldehydes is 1. The molecule has 0 fully saturated rings. The van der Waals surface area contributed by atoms with Crippen molar-refractivity contribution in [1.29, 1.82) is 0 Å². The van der Waals surface area contributed by atoms with E-state index in [4.69, 9.17) is 9.73 Å². The van der Waals surface area contributed by atoms with E-state index in [1.54, 1.807) is 6.08 Å². The fourth-order valence-electron chi connectivity index (χ4n) is 7.29. The van der Waals surface area contributed by atoms with Gasteiger partial charge < -0.3 is 30.2 Å². The number of carboxylic acid groups (broad SMARTS) is 1. The van der Waals surface area contributed by atoms with Gasteiger partial charge in [0, 0.05) is 57.9 Å². The standard InChI is InChI=1S/C35H40N4O7/c1-8-19-15(3)26(14-40)36-25(19)13-24-18(6)28-32(38-24)29(30(33(28)43)35(45)46-7)31-21(10-11-27(41)42)17(5)22(37-31)12-23-16(4)20(9-2)34(44)39-23/h9,12,14,17,21,30-31,36,38,43H,2,8,10-11,13H2,1,3-7H3,(H,39,44)(H,41,42)/b23-12-/t17-,21-,30+,31?/m0/s1. The molecule has 0 bridgehead atoms. The van der Waals surface area contributed by atoms with Crippen molar-refractivity contribution in [3.05, 3.63) is 79.9 Å². The fourth-order valence-corrected chi connectivity index (χ4v) is 7.29. The number of esters is 1. The van der Waals surface area contributed by atoms with E-state index < -0.39 is 23.9 Å². The monoisotopic (exact) mass is 628 g/mol. The molecular weight excluding hydrogens is 588 g/mol. The van der Waals surface area contributed by atoms with Crippen molar-refractivity contribution < 1.29 is 34.1 Å². The van der Waals surface area contributed by atoms with Crippen molar-refractivity contribution >= 4 is 41.2 Å². The SMILES string of the molecule is C=CC1=C(C)/C(=C/C2=NC(C3=c4[nH]c(Cc5[nH]c(C=O)c(C)c5CC)c(C)c4=C(O)[C@@H]3C(=O)OC)[C@@H](CCC(=O)O)[C@@H]2C)NC1=O. The number of carbonyl (C=O) groups excluding carboxylic acids is 3. The molecule has 2 aromatic rings. The Morgan fingerprint density at radius 2 is 1.85 bits per heavy atom. The predicted molar refractivity (Wildman–Crippen MR) is 173 cm³/mol. The molecule has 1 aliphatic carbocycles. The zero-order valence-corrected chi connectivity index (χ0v) is 27.0. The van der Waals surface area contributed by atoms with Crippen LogP contribution in [0.15, 0.2) is 40.6 Å². The lowest BCUT2D eigenvalue weighted by Crippen LogP contribution is -2.33. The molecule has 11 nitrogen and oxygen atoms in total. The van der Waals surface area contributed by atoms with Gasteiger partial charge in [-0.05, 0) is 67.9 Å². The first-order chi connectivity index (χ1) is 21.9. The summed E-state index contributed by atoms with van der Waals surface area (Å²) in [5.74, 6) is -3.70. The smallest absolute Gasteiger partial charge is 0.320 e. The second kappa shape index (κ2) is 12.5. The summed E-state index contributed by atoms with van der Waals surface area (Å²) in [5.41, 5.74) is 7.85. The third-order valence-corrected chi connectivity index (χ3v) is 9.86. The Labute approximate surface area is 266 Å². The van der Waals surface area contributed by atoms with Crippen LogP contribution in [-0.2, 0) is 32.0 Å². The minimum absolute atomic E-state index is 0.111. The number of nitrogens with one attached hydrogen (secondary N) is 3. The number of amides is 1. The van der Waals surface area contributed by atoms with Crippen molar-refractivity contribution in [3.63, 3.8) is 0 Å². The van der Waals surface area contributed by atoms with Crippen molar-refractivity contribution in [2.75, 3.05) is 7.11 Å². The maximum Gasteiger partial charge on any atom is 0.320 e. The lowest BCUT2D eigenvalue weighted by atomic mass is 9.79. The Morgan fingerprint density at radius 1 is 1.13 bits per heavy atom. The Hall–Kier alpha value is -4.93. The van der Waals surface area contributed by atoms with Crippen LogP contribution in [-0.4, -0.2) is 63.2 Å². The number of aliphatic hydroxyl groups excluding tert-OH is 1. The quantitative estimate of drug-likeness (QED) is 0.188. The topological polar surface area (TPSA) is 174 Å². The summed E-state index contributed by atoms with van der Waals surface area (Å²) in [6.45, 7) is 13.3. The minimum atomic E-state index is -1.12. The maximum absolute atomic E-state index is 13.3. The molecule has 1 amide bonds. The van der Waals surface area contributed by atoms with Crippen molar-refractivity contribution in [2.45, 2.75) is 66.3 Å². The highest BCUT2D eigenvalue weighted by molar-refractivity contribution is 6.07. The van der Waals surface area contributed by atoms with E-state index in [-0.39, 0.29) is 36.3 Å². The summed E-state index contributed by atoms with van der Waals surface area (Å²) in [4.78, 5) is 60.9. The highest BCUT2D eigenvalue weighted by Crippen LogP contribution is 2.41. The maximum atomic E-state index is 13.3. The summed E-state index contributed by atoms with van der Waals surface area (Å²) < 4.78 is 5.15. The summed E-state index contributed by atoms with van der Waals surface area (Å²) in [7, 11) is 1.26. The van der Waals surface area contributed by atoms with Crippen molar-refractivity contribution in [1.82, 2.24) is 15.3 Å². The molecule has 11 heteroatoms. The second-order valence-corrected chi connectivity index (χ2v) is 12.2. The van der Waals surface area contributed by atoms with Gasteiger partial charge in [0.15, 0.2) is 6.29 Å². The number of methoxy groups -OCH3 is 1. The molecule has 0 spiro atoms. The van der Waals surface area contributed by atoms with E-state index in [0.29, 0.717) is 45.2 Å². The number of aliphatic imine (C=N–C) groups is 1. The predicted octanol–water partition coefficient (Wildman–Crippen LogP) is 3.00. The molecule has 0 saturated heterocycles. The highest BCUT2D eigenvalue weighted by atomic mass is 16.5. The number of aliphatic hydroxyl groups is 1. The van der Waals surface area contributed by atoms with Gasteiger partial charge in [0.25, 0.3) is 5.91 Å². The van der Waals surface area contributed by atoms with Crippen LogP contribution in [0.1, 0.15) is 72.2 Å². The van der Waals surface area contributed by atoms with E-state index in [0.717, 1.165) is 46.4 Å². The number of rotatable bonds is 11. The largest absolute Gasteiger partial charge is 0.510 e. The molecule has 0 saturated carbocycles. The molecule has 0 radical (unpaired) electrons. The van der Waals surface area contributed by atoms with Gasteiger partial charge in [0.05, 0.1) is 24.2 Å². The summed E-state index contributed by atoms with van der Waals surface area (Å²) >= 11 is 0. The van der Waals surface area contributed by atoms with Gasteiger partial charge in [-0.2, -0.15) is 0 Å². The third-order valence-electron chi connectivity index (χ3n) is 9.86. The molecule has 4 heterocycles. The molecule has 0 aromatic carbocycles. The third kappa shape index (κ3) is 5.23. The number of fused-ring (bicyclic) bond motifs is 1. The Balaban J connectivity index is 1.70. The van der Waals surface area contributed by atoms with Crippen LogP contribution in [0.4, 0.5) is 0 Å². The van der Waals surface area contributed by atoms with E-state index in [1.165, 1.54) is 13.2 Å². The number of ether oxygens (including phenoxy) is 1. The van der Waals surface area contributed by atoms with Gasteiger partial charge in [0.2, 0.25) is 0 Å². The summed E-state index contributed by atoms with van der Waals surface area (Å²) in [6.07, 6.45) is 5.43. The molecule has 2 aromatic heterocycles. The Morgan fingerprint density at radius 3 is 2.43 bits per heavy atom. The second-order valence-electron chi connectivity index (χ2n) is 12.2. The number of nitrogens with zero attached hydrogens (tertiary/aromatic N) is 1. The van der Waals surface area contributed by atoms with Gasteiger partial charge in [-0.15, -0.1) is 0 Å². The van der Waals surface area contributed by atoms with Crippen molar-refractivity contribution in [2.24, 2.45) is 22.7 Å². The van der Waals surface area contributed by atoms with Crippen LogP contribution < -0.4 is 15.9 Å². The number of allylic oxidation sites excluding steroid dienone is 2. The summed E-state index contributed by atoms with van der Waals surface area (Å²) in [5, 5.41) is 25.1. The number of carbonyl (C=O) groups is 4. The van der Waals surface area contributed by atoms with Crippen LogP contribution in [0.5, 0.6) is 0 Å². The van der Waals surface area contributed by atoms with Gasteiger partial charge in [-0.1, -0.05) is 26.5 Å². The zero-order chi connectivity index (χ0) is 33.6. The molecular formula is C35H40N4O7. The fraction of sp³-hybridized carbons (Fsp3) is 0.400. The van der Waals surface area contributed by atoms with Crippen LogP contribution in [0.25, 0.3) is 11.3 Å². The zero-order valence-electron chi connectivity index (χ0n) is 27.0. The average molecular weight is 629 g/mol. The van der Waals surface area contributed by atoms with Gasteiger partial charge in [0.1, 0.15) is 11.7 Å². The first-order valence-corrected chi connectivity index (χ1v) is 15.4. The number of H-pyrrole nitrogens is 2. The molecule has 1 unspecified atom stereocenters. The molecule has 242 valence electrons. The minimum Gasteiger partial charge on any atom is -0.510 e. The van der Waals surface area contributed by atoms with Crippen LogP contribution >= 0.6 is 0 Å². The highest BCUT2D eigenvalue weighted by Gasteiger charge is 2.46. The van der Waals surface area contributed by atoms with Gasteiger partial charge in [-0.25, -0.2) is 0 Å². The molecule has 5 rings (SSSR count). The van der Waals surface area contributed by atoms with Gasteiger partial charge in [-0.3, -0.25) is 24.2 Å². The molecule has 5 N–H and O–H groups in total. The normalized spacial score (nSPS) is 23.2. The van der Waals surface area contributed by atoms with E-state index >= 15 is 0 Å². The number of aromatic amines is 2. The molecule has 46 heavy (non-hydrogen) atoms. The number of carboxylic acids is 1. The van der Waals surface area contributed by atoms with Crippen LogP contribution in [0, 0.1) is 31.6 Å². The molecule has 4 atom stereocenters. The average Bonchev–Trinajstić information content (AvgIpc) is 3.76. The lowest BCUT2D eigenvalue weighted by molar-refractivity contribution is -0.142. The van der Waals surface area contributed by atoms with Crippen molar-refractivity contribution in [3.8, 4) is 0 Å². The Bertz CT molecular complexity index is 1900. The number of hydrogen-bond donors (Lipinski definition) is 5. The first kappa shape index (κ1) is 32.5. The van der Waals surface area contributed by atoms with E-state index in [1.807, 2.05) is 34.6 Å². The number of aliphatic carboxylic acids is 1. The number of hydrogen-bond acceptors (Lipinski definition) is 7. The van der Waals surface area contributed by atoms with E-state index in [9.17, 15) is 29.4 Å². The molecule has 2 aliphatic heterocycles. The first-order valence-electron chi connectivity index (χ1n) is 15.4.